The second kappa shape index (κ2) is 6.86. The van der Waals surface area contributed by atoms with Gasteiger partial charge in [-0.15, -0.1) is 0 Å². The third kappa shape index (κ3) is 3.81. The summed E-state index contributed by atoms with van der Waals surface area (Å²) >= 11 is 1.75. The lowest BCUT2D eigenvalue weighted by Gasteiger charge is -2.07. The Balaban J connectivity index is 2.24. The average Bonchev–Trinajstić information content (AvgIpc) is 2.84. The first-order chi connectivity index (χ1) is 9.58. The third-order valence-corrected chi connectivity index (χ3v) is 4.26. The van der Waals surface area contributed by atoms with Gasteiger partial charge in [-0.3, -0.25) is 0 Å². The maximum absolute atomic E-state index is 4.76. The van der Waals surface area contributed by atoms with Crippen LogP contribution in [0.4, 0.5) is 5.13 Å². The number of anilines is 1. The molecule has 108 valence electrons. The lowest BCUT2D eigenvalue weighted by molar-refractivity contribution is 0.549. The lowest BCUT2D eigenvalue weighted by Crippen LogP contribution is -2.19. The summed E-state index contributed by atoms with van der Waals surface area (Å²) < 4.78 is 0. The minimum Gasteiger partial charge on any atom is -0.354 e. The van der Waals surface area contributed by atoms with Crippen LogP contribution in [0.25, 0.3) is 10.4 Å². The van der Waals surface area contributed by atoms with Crippen molar-refractivity contribution in [2.24, 2.45) is 5.92 Å². The predicted molar refractivity (Wildman–Crippen MR) is 88.4 cm³/mol. The Hall–Kier alpha value is -1.39. The molecular formula is C16H23N3S. The van der Waals surface area contributed by atoms with Crippen molar-refractivity contribution in [3.8, 4) is 10.4 Å². The molecule has 2 rings (SSSR count). The summed E-state index contributed by atoms with van der Waals surface area (Å²) in [6.07, 6.45) is 0. The Bertz CT molecular complexity index is 532. The molecular weight excluding hydrogens is 266 g/mol. The minimum atomic E-state index is 0.655. The van der Waals surface area contributed by atoms with Crippen LogP contribution in [0, 0.1) is 5.92 Å². The highest BCUT2D eigenvalue weighted by Gasteiger charge is 2.13. The van der Waals surface area contributed by atoms with Crippen molar-refractivity contribution in [3.05, 3.63) is 36.0 Å². The van der Waals surface area contributed by atoms with Crippen LogP contribution in [0.3, 0.4) is 0 Å². The van der Waals surface area contributed by atoms with E-state index in [0.717, 1.165) is 23.9 Å². The first-order valence-corrected chi connectivity index (χ1v) is 7.82. The molecule has 0 bridgehead atoms. The number of nitrogens with one attached hydrogen (secondary N) is 1. The topological polar surface area (TPSA) is 28.2 Å². The first-order valence-electron chi connectivity index (χ1n) is 7.01. The molecule has 0 saturated carbocycles. The Labute approximate surface area is 125 Å². The van der Waals surface area contributed by atoms with Gasteiger partial charge in [-0.05, 0) is 18.0 Å². The Morgan fingerprint density at radius 3 is 2.50 bits per heavy atom. The highest BCUT2D eigenvalue weighted by Crippen LogP contribution is 2.34. The van der Waals surface area contributed by atoms with Crippen LogP contribution in [-0.2, 0) is 6.54 Å². The van der Waals surface area contributed by atoms with Crippen molar-refractivity contribution < 1.29 is 0 Å². The Morgan fingerprint density at radius 1 is 1.20 bits per heavy atom. The molecule has 1 aromatic carbocycles. The van der Waals surface area contributed by atoms with Crippen molar-refractivity contribution in [1.82, 2.24) is 10.3 Å². The molecule has 1 aromatic heterocycles. The van der Waals surface area contributed by atoms with Crippen LogP contribution < -0.4 is 10.2 Å². The van der Waals surface area contributed by atoms with E-state index >= 15 is 0 Å². The monoisotopic (exact) mass is 289 g/mol. The summed E-state index contributed by atoms with van der Waals surface area (Å²) in [5.74, 6) is 0.655. The standard InChI is InChI=1S/C16H23N3S/c1-12(2)10-17-11-14-15(13-8-6-5-7-9-13)20-16(18-14)19(3)4/h5-9,12,17H,10-11H2,1-4H3. The van der Waals surface area contributed by atoms with E-state index in [2.05, 4.69) is 48.3 Å². The molecule has 0 saturated heterocycles. The highest BCUT2D eigenvalue weighted by molar-refractivity contribution is 7.19. The fraction of sp³-hybridized carbons (Fsp3) is 0.438. The van der Waals surface area contributed by atoms with Crippen LogP contribution in [-0.4, -0.2) is 25.6 Å². The minimum absolute atomic E-state index is 0.655. The molecule has 0 amide bonds. The highest BCUT2D eigenvalue weighted by atomic mass is 32.1. The molecule has 0 fully saturated rings. The van der Waals surface area contributed by atoms with Crippen LogP contribution in [0.15, 0.2) is 30.3 Å². The van der Waals surface area contributed by atoms with E-state index in [9.17, 15) is 0 Å². The van der Waals surface area contributed by atoms with E-state index in [1.165, 1.54) is 10.4 Å². The van der Waals surface area contributed by atoms with E-state index < -0.39 is 0 Å². The van der Waals surface area contributed by atoms with Crippen molar-refractivity contribution in [1.29, 1.82) is 0 Å². The quantitative estimate of drug-likeness (QED) is 0.880. The SMILES string of the molecule is CC(C)CNCc1nc(N(C)C)sc1-c1ccccc1. The first kappa shape index (κ1) is 15.0. The molecule has 0 aliphatic carbocycles. The number of rotatable bonds is 6. The zero-order valence-corrected chi connectivity index (χ0v) is 13.5. The molecule has 1 heterocycles. The number of hydrogen-bond acceptors (Lipinski definition) is 4. The van der Waals surface area contributed by atoms with Gasteiger partial charge in [-0.25, -0.2) is 4.98 Å². The fourth-order valence-electron chi connectivity index (χ4n) is 1.94. The molecule has 20 heavy (non-hydrogen) atoms. The molecule has 1 N–H and O–H groups in total. The zero-order valence-electron chi connectivity index (χ0n) is 12.7. The third-order valence-electron chi connectivity index (χ3n) is 2.95. The van der Waals surface area contributed by atoms with Crippen LogP contribution in [0.2, 0.25) is 0 Å². The Morgan fingerprint density at radius 2 is 1.90 bits per heavy atom. The second-order valence-electron chi connectivity index (χ2n) is 5.56. The summed E-state index contributed by atoms with van der Waals surface area (Å²) in [5.41, 5.74) is 2.39. The van der Waals surface area contributed by atoms with Crippen molar-refractivity contribution in [3.63, 3.8) is 0 Å². The lowest BCUT2D eigenvalue weighted by atomic mass is 10.1. The van der Waals surface area contributed by atoms with Crippen molar-refractivity contribution in [2.75, 3.05) is 25.5 Å². The molecule has 0 atom stereocenters. The zero-order chi connectivity index (χ0) is 14.5. The number of aromatic nitrogens is 1. The molecule has 0 aliphatic rings. The summed E-state index contributed by atoms with van der Waals surface area (Å²) in [6.45, 7) is 6.28. The number of benzene rings is 1. The van der Waals surface area contributed by atoms with Gasteiger partial charge < -0.3 is 10.2 Å². The predicted octanol–water partition coefficient (Wildman–Crippen LogP) is 3.62. The number of nitrogens with zero attached hydrogens (tertiary/aromatic N) is 2. The van der Waals surface area contributed by atoms with Gasteiger partial charge in [0.15, 0.2) is 5.13 Å². The largest absolute Gasteiger partial charge is 0.354 e. The maximum atomic E-state index is 4.76. The van der Waals surface area contributed by atoms with E-state index in [-0.39, 0.29) is 0 Å². The molecule has 0 unspecified atom stereocenters. The van der Waals surface area contributed by atoms with Crippen LogP contribution in [0.5, 0.6) is 0 Å². The van der Waals surface area contributed by atoms with Gasteiger partial charge in [-0.2, -0.15) is 0 Å². The van der Waals surface area contributed by atoms with E-state index in [1.54, 1.807) is 11.3 Å². The van der Waals surface area contributed by atoms with Gasteiger partial charge in [-0.1, -0.05) is 55.5 Å². The second-order valence-corrected chi connectivity index (χ2v) is 6.53. The normalized spacial score (nSPS) is 11.1. The summed E-state index contributed by atoms with van der Waals surface area (Å²) in [7, 11) is 4.08. The number of hydrogen-bond donors (Lipinski definition) is 1. The average molecular weight is 289 g/mol. The van der Waals surface area contributed by atoms with E-state index in [1.807, 2.05) is 20.2 Å². The van der Waals surface area contributed by atoms with Gasteiger partial charge in [0.05, 0.1) is 10.6 Å². The van der Waals surface area contributed by atoms with Crippen molar-refractivity contribution in [2.45, 2.75) is 20.4 Å². The van der Waals surface area contributed by atoms with E-state index in [4.69, 9.17) is 4.98 Å². The smallest absolute Gasteiger partial charge is 0.185 e. The Kier molecular flexibility index (Phi) is 5.15. The molecule has 0 aliphatic heterocycles. The molecule has 0 spiro atoms. The molecule has 2 aromatic rings. The molecule has 0 radical (unpaired) electrons. The summed E-state index contributed by atoms with van der Waals surface area (Å²) in [6, 6.07) is 10.5. The number of thiazole rings is 1. The van der Waals surface area contributed by atoms with Gasteiger partial charge in [0.2, 0.25) is 0 Å². The maximum Gasteiger partial charge on any atom is 0.185 e. The summed E-state index contributed by atoms with van der Waals surface area (Å²) in [4.78, 5) is 8.11. The van der Waals surface area contributed by atoms with E-state index in [0.29, 0.717) is 5.92 Å². The van der Waals surface area contributed by atoms with Gasteiger partial charge in [0.25, 0.3) is 0 Å². The van der Waals surface area contributed by atoms with Gasteiger partial charge >= 0.3 is 0 Å². The van der Waals surface area contributed by atoms with Crippen LogP contribution in [0.1, 0.15) is 19.5 Å². The van der Waals surface area contributed by atoms with Gasteiger partial charge in [0.1, 0.15) is 0 Å². The van der Waals surface area contributed by atoms with Crippen molar-refractivity contribution >= 4 is 16.5 Å². The fourth-order valence-corrected chi connectivity index (χ4v) is 2.96. The summed E-state index contributed by atoms with van der Waals surface area (Å²) in [5, 5.41) is 4.55. The molecule has 4 heteroatoms. The van der Waals surface area contributed by atoms with Gasteiger partial charge in [0, 0.05) is 20.6 Å². The molecule has 3 nitrogen and oxygen atoms in total. The van der Waals surface area contributed by atoms with Crippen LogP contribution >= 0.6 is 11.3 Å².